The molecule has 0 aliphatic carbocycles. The van der Waals surface area contributed by atoms with Crippen LogP contribution in [0.1, 0.15) is 0 Å². The average Bonchev–Trinajstić information content (AvgIpc) is 2.25. The van der Waals surface area contributed by atoms with E-state index in [2.05, 4.69) is 16.1 Å². The van der Waals surface area contributed by atoms with Crippen LogP contribution in [-0.2, 0) is 0 Å². The number of rotatable bonds is 0. The summed E-state index contributed by atoms with van der Waals surface area (Å²) in [5.74, 6) is 0. The Balaban J connectivity index is 2.69. The Morgan fingerprint density at radius 2 is 2.31 bits per heavy atom. The second kappa shape index (κ2) is 3.38. The van der Waals surface area contributed by atoms with Gasteiger partial charge in [-0.05, 0) is 18.2 Å². The first-order valence-electron chi connectivity index (χ1n) is 4.28. The number of nitrogens with zero attached hydrogens (tertiary/aromatic N) is 2. The van der Waals surface area contributed by atoms with E-state index < -0.39 is 0 Å². The van der Waals surface area contributed by atoms with Crippen LogP contribution in [0, 0.1) is 0 Å². The molecule has 0 radical (unpaired) electrons. The lowest BCUT2D eigenvalue weighted by Crippen LogP contribution is -2.25. The van der Waals surface area contributed by atoms with Crippen molar-refractivity contribution in [3.63, 3.8) is 0 Å². The third kappa shape index (κ3) is 1.83. The van der Waals surface area contributed by atoms with Crippen molar-refractivity contribution >= 4 is 17.8 Å². The topological polar surface area (TPSA) is 15.6 Å². The van der Waals surface area contributed by atoms with Crippen molar-refractivity contribution in [2.75, 3.05) is 20.1 Å². The van der Waals surface area contributed by atoms with Gasteiger partial charge in [0.15, 0.2) is 0 Å². The van der Waals surface area contributed by atoms with Gasteiger partial charge < -0.3 is 4.90 Å². The maximum Gasteiger partial charge on any atom is 0.0663 e. The SMILES string of the molecule is CN1C=c2cc(Cl)ccc2=NCC1. The summed E-state index contributed by atoms with van der Waals surface area (Å²) >= 11 is 5.90. The summed E-state index contributed by atoms with van der Waals surface area (Å²) in [7, 11) is 2.05. The highest BCUT2D eigenvalue weighted by atomic mass is 35.5. The minimum Gasteiger partial charge on any atom is -0.378 e. The zero-order valence-corrected chi connectivity index (χ0v) is 8.25. The minimum absolute atomic E-state index is 0.764. The van der Waals surface area contributed by atoms with Gasteiger partial charge in [0.25, 0.3) is 0 Å². The van der Waals surface area contributed by atoms with Crippen molar-refractivity contribution in [3.05, 3.63) is 33.8 Å². The quantitative estimate of drug-likeness (QED) is 0.592. The number of likely N-dealkylation sites (N-methyl/N-ethyl adjacent to an activating group) is 1. The van der Waals surface area contributed by atoms with Crippen molar-refractivity contribution < 1.29 is 0 Å². The third-order valence-corrected chi connectivity index (χ3v) is 2.32. The maximum atomic E-state index is 5.90. The average molecular weight is 195 g/mol. The molecule has 1 aromatic rings. The third-order valence-electron chi connectivity index (χ3n) is 2.08. The molecule has 2 nitrogen and oxygen atoms in total. The largest absolute Gasteiger partial charge is 0.378 e. The summed E-state index contributed by atoms with van der Waals surface area (Å²) in [6, 6.07) is 5.79. The van der Waals surface area contributed by atoms with Crippen LogP contribution < -0.4 is 10.6 Å². The Kier molecular flexibility index (Phi) is 2.23. The van der Waals surface area contributed by atoms with Crippen LogP contribution in [0.2, 0.25) is 5.02 Å². The van der Waals surface area contributed by atoms with Gasteiger partial charge >= 0.3 is 0 Å². The van der Waals surface area contributed by atoms with Gasteiger partial charge in [-0.25, -0.2) is 0 Å². The van der Waals surface area contributed by atoms with Crippen LogP contribution in [0.5, 0.6) is 0 Å². The second-order valence-corrected chi connectivity index (χ2v) is 3.63. The van der Waals surface area contributed by atoms with E-state index in [-0.39, 0.29) is 0 Å². The Morgan fingerprint density at radius 1 is 1.46 bits per heavy atom. The molecule has 0 aromatic heterocycles. The van der Waals surface area contributed by atoms with Gasteiger partial charge in [0, 0.05) is 30.0 Å². The second-order valence-electron chi connectivity index (χ2n) is 3.19. The molecule has 0 spiro atoms. The van der Waals surface area contributed by atoms with Crippen molar-refractivity contribution in [1.29, 1.82) is 0 Å². The molecular formula is C10H11ClN2. The summed E-state index contributed by atoms with van der Waals surface area (Å²) in [6.07, 6.45) is 2.08. The lowest BCUT2D eigenvalue weighted by molar-refractivity contribution is 0.511. The fraction of sp³-hybridized carbons (Fsp3) is 0.300. The van der Waals surface area contributed by atoms with Crippen molar-refractivity contribution in [3.8, 4) is 0 Å². The molecule has 1 heterocycles. The molecule has 0 N–H and O–H groups in total. The molecule has 68 valence electrons. The molecule has 0 amide bonds. The van der Waals surface area contributed by atoms with Gasteiger partial charge in [-0.15, -0.1) is 0 Å². The number of benzene rings is 1. The zero-order chi connectivity index (χ0) is 9.26. The zero-order valence-electron chi connectivity index (χ0n) is 7.50. The van der Waals surface area contributed by atoms with Crippen molar-refractivity contribution in [2.24, 2.45) is 4.99 Å². The molecule has 0 atom stereocenters. The van der Waals surface area contributed by atoms with Gasteiger partial charge in [-0.3, -0.25) is 4.99 Å². The van der Waals surface area contributed by atoms with E-state index in [1.165, 1.54) is 0 Å². The smallest absolute Gasteiger partial charge is 0.0663 e. The van der Waals surface area contributed by atoms with Crippen LogP contribution in [0.25, 0.3) is 6.20 Å². The van der Waals surface area contributed by atoms with Gasteiger partial charge in [-0.2, -0.15) is 0 Å². The molecule has 1 aromatic carbocycles. The first kappa shape index (κ1) is 8.57. The van der Waals surface area contributed by atoms with Gasteiger partial charge in [0.1, 0.15) is 0 Å². The molecule has 0 fully saturated rings. The van der Waals surface area contributed by atoms with E-state index in [4.69, 9.17) is 11.6 Å². The number of fused-ring (bicyclic) bond motifs is 1. The Hall–Kier alpha value is -1.02. The maximum absolute atomic E-state index is 5.90. The van der Waals surface area contributed by atoms with E-state index >= 15 is 0 Å². The standard InChI is InChI=1S/C10H11ClN2/c1-13-5-4-12-10-3-2-9(11)6-8(10)7-13/h2-3,6-7H,4-5H2,1H3. The lowest BCUT2D eigenvalue weighted by atomic mass is 10.3. The lowest BCUT2D eigenvalue weighted by Gasteiger charge is -2.08. The highest BCUT2D eigenvalue weighted by Crippen LogP contribution is 2.00. The predicted molar refractivity (Wildman–Crippen MR) is 54.2 cm³/mol. The summed E-state index contributed by atoms with van der Waals surface area (Å²) in [6.45, 7) is 1.81. The number of hydrogen-bond acceptors (Lipinski definition) is 2. The van der Waals surface area contributed by atoms with E-state index in [0.29, 0.717) is 0 Å². The van der Waals surface area contributed by atoms with Crippen LogP contribution in [0.3, 0.4) is 0 Å². The normalized spacial score (nSPS) is 15.4. The Morgan fingerprint density at radius 3 is 3.15 bits per heavy atom. The molecule has 1 aliphatic rings. The molecule has 1 aliphatic heterocycles. The number of halogens is 1. The molecule has 0 saturated carbocycles. The van der Waals surface area contributed by atoms with Gasteiger partial charge in [-0.1, -0.05) is 11.6 Å². The van der Waals surface area contributed by atoms with E-state index in [9.17, 15) is 0 Å². The Bertz CT molecular complexity index is 425. The van der Waals surface area contributed by atoms with Crippen LogP contribution in [-0.4, -0.2) is 25.0 Å². The van der Waals surface area contributed by atoms with Crippen molar-refractivity contribution in [2.45, 2.75) is 0 Å². The van der Waals surface area contributed by atoms with Crippen LogP contribution >= 0.6 is 11.6 Å². The predicted octanol–water partition coefficient (Wildman–Crippen LogP) is 0.643. The van der Waals surface area contributed by atoms with E-state index in [0.717, 1.165) is 28.7 Å². The van der Waals surface area contributed by atoms with Crippen LogP contribution in [0.4, 0.5) is 0 Å². The molecular weight excluding hydrogens is 184 g/mol. The fourth-order valence-electron chi connectivity index (χ4n) is 1.40. The highest BCUT2D eigenvalue weighted by molar-refractivity contribution is 6.30. The van der Waals surface area contributed by atoms with Crippen molar-refractivity contribution in [1.82, 2.24) is 4.90 Å². The summed E-state index contributed by atoms with van der Waals surface area (Å²) in [5, 5.41) is 2.90. The summed E-state index contributed by atoms with van der Waals surface area (Å²) in [5.41, 5.74) is 0. The summed E-state index contributed by atoms with van der Waals surface area (Å²) < 4.78 is 0. The van der Waals surface area contributed by atoms with Gasteiger partial charge in [0.05, 0.1) is 11.9 Å². The molecule has 13 heavy (non-hydrogen) atoms. The monoisotopic (exact) mass is 194 g/mol. The van der Waals surface area contributed by atoms with E-state index in [1.54, 1.807) is 0 Å². The Labute approximate surface area is 82.2 Å². The molecule has 0 bridgehead atoms. The fourth-order valence-corrected chi connectivity index (χ4v) is 1.58. The highest BCUT2D eigenvalue weighted by Gasteiger charge is 1.97. The molecule has 3 heteroatoms. The van der Waals surface area contributed by atoms with E-state index in [1.807, 2.05) is 25.2 Å². The molecule has 0 unspecified atom stereocenters. The molecule has 0 saturated heterocycles. The summed E-state index contributed by atoms with van der Waals surface area (Å²) in [4.78, 5) is 6.58. The van der Waals surface area contributed by atoms with Crippen LogP contribution in [0.15, 0.2) is 23.2 Å². The first-order chi connectivity index (χ1) is 6.25. The number of hydrogen-bond donors (Lipinski definition) is 0. The van der Waals surface area contributed by atoms with Gasteiger partial charge in [0.2, 0.25) is 0 Å². The molecule has 2 rings (SSSR count). The minimum atomic E-state index is 0.764. The first-order valence-corrected chi connectivity index (χ1v) is 4.66.